The monoisotopic (exact) mass is 244 g/mol. The Bertz CT molecular complexity index is 161. The molecule has 0 aromatic rings. The first-order chi connectivity index (χ1) is 8.20. The summed E-state index contributed by atoms with van der Waals surface area (Å²) in [5.74, 6) is 0. The average molecular weight is 244 g/mol. The Labute approximate surface area is 108 Å². The van der Waals surface area contributed by atoms with Crippen LogP contribution >= 0.6 is 0 Å². The van der Waals surface area contributed by atoms with Crippen LogP contribution in [0, 0.1) is 0 Å². The zero-order chi connectivity index (χ0) is 13.1. The molecule has 0 aliphatic carbocycles. The molecule has 104 valence electrons. The van der Waals surface area contributed by atoms with Crippen LogP contribution in [0.2, 0.25) is 0 Å². The summed E-state index contributed by atoms with van der Waals surface area (Å²) in [7, 11) is 0. The molecule has 0 rings (SSSR count). The van der Waals surface area contributed by atoms with Gasteiger partial charge in [-0.05, 0) is 32.2 Å². The molecule has 0 fully saturated rings. The number of hydrogen-bond donors (Lipinski definition) is 1. The van der Waals surface area contributed by atoms with Crippen molar-refractivity contribution >= 4 is 0 Å². The molecule has 0 unspecified atom stereocenters. The topological polar surface area (TPSA) is 38.5 Å². The summed E-state index contributed by atoms with van der Waals surface area (Å²) in [5.41, 5.74) is 6.18. The Hall–Kier alpha value is -0.120. The molecule has 0 atom stereocenters. The highest BCUT2D eigenvalue weighted by molar-refractivity contribution is 4.89. The van der Waals surface area contributed by atoms with E-state index in [4.69, 9.17) is 10.5 Å². The normalized spacial score (nSPS) is 12.4. The highest BCUT2D eigenvalue weighted by Gasteiger charge is 2.30. The molecule has 0 aromatic heterocycles. The predicted molar refractivity (Wildman–Crippen MR) is 75.3 cm³/mol. The fraction of sp³-hybridized carbons (Fsp3) is 1.00. The van der Waals surface area contributed by atoms with Gasteiger partial charge in [-0.1, -0.05) is 27.7 Å². The number of nitrogens with two attached hydrogens (primary N) is 1. The maximum atomic E-state index is 6.01. The highest BCUT2D eigenvalue weighted by atomic mass is 16.5. The molecule has 0 saturated heterocycles. The van der Waals surface area contributed by atoms with E-state index in [0.717, 1.165) is 52.1 Å². The van der Waals surface area contributed by atoms with Crippen molar-refractivity contribution in [3.63, 3.8) is 0 Å². The first-order valence-corrected chi connectivity index (χ1v) is 7.23. The number of nitrogens with zero attached hydrogens (tertiary/aromatic N) is 1. The van der Waals surface area contributed by atoms with Gasteiger partial charge in [0.05, 0.1) is 6.61 Å². The van der Waals surface area contributed by atoms with Crippen LogP contribution in [0.1, 0.15) is 53.4 Å². The number of rotatable bonds is 11. The second-order valence-electron chi connectivity index (χ2n) is 4.73. The van der Waals surface area contributed by atoms with E-state index in [0.29, 0.717) is 0 Å². The van der Waals surface area contributed by atoms with Gasteiger partial charge in [-0.15, -0.1) is 0 Å². The van der Waals surface area contributed by atoms with E-state index in [1.807, 2.05) is 0 Å². The molecule has 0 amide bonds. The number of ether oxygens (including phenoxy) is 1. The molecule has 0 aromatic carbocycles. The summed E-state index contributed by atoms with van der Waals surface area (Å²) < 4.78 is 5.61. The maximum Gasteiger partial charge on any atom is 0.0593 e. The van der Waals surface area contributed by atoms with Gasteiger partial charge in [-0.3, -0.25) is 4.90 Å². The third-order valence-corrected chi connectivity index (χ3v) is 3.71. The standard InChI is InChI=1S/C14H32N2O/c1-5-9-16(10-12-17-11-6-2)14(7-3,8-4)13-15/h5-13,15H2,1-4H3. The lowest BCUT2D eigenvalue weighted by atomic mass is 9.90. The molecule has 0 saturated carbocycles. The van der Waals surface area contributed by atoms with Crippen LogP contribution in [-0.2, 0) is 4.74 Å². The SMILES string of the molecule is CCCOCCN(CCC)C(CC)(CC)CN. The van der Waals surface area contributed by atoms with E-state index in [-0.39, 0.29) is 5.54 Å². The Morgan fingerprint density at radius 1 is 0.941 bits per heavy atom. The summed E-state index contributed by atoms with van der Waals surface area (Å²) in [4.78, 5) is 2.53. The lowest BCUT2D eigenvalue weighted by molar-refractivity contribution is 0.0397. The smallest absolute Gasteiger partial charge is 0.0593 e. The third-order valence-electron chi connectivity index (χ3n) is 3.71. The molecule has 0 spiro atoms. The molecule has 0 bridgehead atoms. The van der Waals surface area contributed by atoms with Crippen LogP contribution < -0.4 is 5.73 Å². The van der Waals surface area contributed by atoms with Gasteiger partial charge in [0.15, 0.2) is 0 Å². The second-order valence-corrected chi connectivity index (χ2v) is 4.73. The van der Waals surface area contributed by atoms with Crippen LogP contribution in [0.4, 0.5) is 0 Å². The zero-order valence-electron chi connectivity index (χ0n) is 12.3. The Balaban J connectivity index is 4.35. The van der Waals surface area contributed by atoms with Gasteiger partial charge in [0.25, 0.3) is 0 Å². The molecular weight excluding hydrogens is 212 g/mol. The summed E-state index contributed by atoms with van der Waals surface area (Å²) in [5, 5.41) is 0. The van der Waals surface area contributed by atoms with Crippen molar-refractivity contribution in [3.05, 3.63) is 0 Å². The van der Waals surface area contributed by atoms with Crippen molar-refractivity contribution in [2.45, 2.75) is 58.9 Å². The molecule has 0 heterocycles. The average Bonchev–Trinajstić information content (AvgIpc) is 2.37. The maximum absolute atomic E-state index is 6.01. The van der Waals surface area contributed by atoms with Crippen LogP contribution in [0.5, 0.6) is 0 Å². The predicted octanol–water partition coefficient (Wildman–Crippen LogP) is 2.64. The Morgan fingerprint density at radius 3 is 2.00 bits per heavy atom. The van der Waals surface area contributed by atoms with E-state index >= 15 is 0 Å². The largest absolute Gasteiger partial charge is 0.380 e. The van der Waals surface area contributed by atoms with Gasteiger partial charge >= 0.3 is 0 Å². The van der Waals surface area contributed by atoms with Crippen molar-refractivity contribution in [2.75, 3.05) is 32.8 Å². The van der Waals surface area contributed by atoms with Crippen molar-refractivity contribution < 1.29 is 4.74 Å². The van der Waals surface area contributed by atoms with Crippen molar-refractivity contribution in [3.8, 4) is 0 Å². The fourth-order valence-electron chi connectivity index (χ4n) is 2.39. The highest BCUT2D eigenvalue weighted by Crippen LogP contribution is 2.22. The number of hydrogen-bond acceptors (Lipinski definition) is 3. The van der Waals surface area contributed by atoms with Crippen molar-refractivity contribution in [1.29, 1.82) is 0 Å². The summed E-state index contributed by atoms with van der Waals surface area (Å²) in [6.07, 6.45) is 4.51. The molecule has 0 aliphatic rings. The minimum atomic E-state index is 0.172. The zero-order valence-corrected chi connectivity index (χ0v) is 12.3. The molecule has 17 heavy (non-hydrogen) atoms. The van der Waals surface area contributed by atoms with Crippen molar-refractivity contribution in [1.82, 2.24) is 4.90 Å². The minimum Gasteiger partial charge on any atom is -0.380 e. The van der Waals surface area contributed by atoms with Crippen molar-refractivity contribution in [2.24, 2.45) is 5.73 Å². The summed E-state index contributed by atoms with van der Waals surface area (Å²) in [6.45, 7) is 13.4. The van der Waals surface area contributed by atoms with Crippen LogP contribution in [0.25, 0.3) is 0 Å². The second kappa shape index (κ2) is 9.86. The van der Waals surface area contributed by atoms with E-state index < -0.39 is 0 Å². The molecular formula is C14H32N2O. The van der Waals surface area contributed by atoms with Gasteiger partial charge < -0.3 is 10.5 Å². The third kappa shape index (κ3) is 5.36. The lowest BCUT2D eigenvalue weighted by Gasteiger charge is -2.42. The van der Waals surface area contributed by atoms with Crippen LogP contribution in [0.3, 0.4) is 0 Å². The van der Waals surface area contributed by atoms with Gasteiger partial charge in [0, 0.05) is 25.2 Å². The summed E-state index contributed by atoms with van der Waals surface area (Å²) in [6, 6.07) is 0. The first-order valence-electron chi connectivity index (χ1n) is 7.23. The van der Waals surface area contributed by atoms with E-state index in [1.165, 1.54) is 6.42 Å². The minimum absolute atomic E-state index is 0.172. The molecule has 3 nitrogen and oxygen atoms in total. The fourth-order valence-corrected chi connectivity index (χ4v) is 2.39. The van der Waals surface area contributed by atoms with E-state index in [1.54, 1.807) is 0 Å². The molecule has 0 radical (unpaired) electrons. The molecule has 0 aliphatic heterocycles. The molecule has 2 N–H and O–H groups in total. The van der Waals surface area contributed by atoms with Gasteiger partial charge in [0.1, 0.15) is 0 Å². The van der Waals surface area contributed by atoms with Gasteiger partial charge in [0.2, 0.25) is 0 Å². The lowest BCUT2D eigenvalue weighted by Crippen LogP contribution is -2.54. The Kier molecular flexibility index (Phi) is 9.79. The Morgan fingerprint density at radius 2 is 1.59 bits per heavy atom. The quantitative estimate of drug-likeness (QED) is 0.568. The molecule has 3 heteroatoms. The van der Waals surface area contributed by atoms with Crippen LogP contribution in [-0.4, -0.2) is 43.3 Å². The van der Waals surface area contributed by atoms with Gasteiger partial charge in [-0.25, -0.2) is 0 Å². The first kappa shape index (κ1) is 16.9. The van der Waals surface area contributed by atoms with Crippen LogP contribution in [0.15, 0.2) is 0 Å². The van der Waals surface area contributed by atoms with E-state index in [2.05, 4.69) is 32.6 Å². The summed E-state index contributed by atoms with van der Waals surface area (Å²) >= 11 is 0. The van der Waals surface area contributed by atoms with E-state index in [9.17, 15) is 0 Å². The van der Waals surface area contributed by atoms with Gasteiger partial charge in [-0.2, -0.15) is 0 Å².